The zero-order valence-electron chi connectivity index (χ0n) is 13.4. The summed E-state index contributed by atoms with van der Waals surface area (Å²) in [7, 11) is 0. The highest BCUT2D eigenvalue weighted by atomic mass is 16.2. The summed E-state index contributed by atoms with van der Waals surface area (Å²) < 4.78 is 0. The van der Waals surface area contributed by atoms with Crippen LogP contribution in [0.25, 0.3) is 0 Å². The lowest BCUT2D eigenvalue weighted by atomic mass is 9.54. The van der Waals surface area contributed by atoms with Gasteiger partial charge in [0.25, 0.3) is 0 Å². The van der Waals surface area contributed by atoms with Crippen molar-refractivity contribution in [1.29, 1.82) is 0 Å². The molecule has 0 spiro atoms. The van der Waals surface area contributed by atoms with Crippen LogP contribution in [0.2, 0.25) is 0 Å². The number of nitrogens with zero attached hydrogens (tertiary/aromatic N) is 1. The van der Waals surface area contributed by atoms with E-state index in [1.807, 2.05) is 0 Å². The minimum Gasteiger partial charge on any atom is -0.351 e. The van der Waals surface area contributed by atoms with Gasteiger partial charge in [-0.05, 0) is 81.7 Å². The number of hydrogen-bond acceptors (Lipinski definition) is 2. The summed E-state index contributed by atoms with van der Waals surface area (Å²) in [6, 6.07) is 0.659. The van der Waals surface area contributed by atoms with Crippen molar-refractivity contribution in [2.24, 2.45) is 23.7 Å². The third-order valence-corrected chi connectivity index (χ3v) is 6.86. The number of amides is 1. The van der Waals surface area contributed by atoms with Crippen molar-refractivity contribution >= 4 is 5.91 Å². The standard InChI is InChI=1S/C18H30N2O/c1-2-20-6-4-3-5-16(20)18(21)19-17-14-8-12-7-13(10-14)11-15(17)9-12/h12-17H,2-11H2,1H3,(H,19,21)/t12?,13?,14?,15?,16-,17?/m1/s1. The summed E-state index contributed by atoms with van der Waals surface area (Å²) in [6.45, 7) is 4.31. The van der Waals surface area contributed by atoms with E-state index in [0.29, 0.717) is 11.9 Å². The maximum absolute atomic E-state index is 12.8. The molecule has 1 atom stereocenters. The minimum absolute atomic E-state index is 0.154. The number of likely N-dealkylation sites (N-methyl/N-ethyl adjacent to an activating group) is 1. The summed E-state index contributed by atoms with van der Waals surface area (Å²) in [4.78, 5) is 15.2. The van der Waals surface area contributed by atoms with Crippen molar-refractivity contribution in [2.45, 2.75) is 70.4 Å². The number of rotatable bonds is 3. The average Bonchev–Trinajstić information content (AvgIpc) is 2.50. The SMILES string of the molecule is CCN1CCCC[C@@H]1C(=O)NC1C2CC3CC(C2)CC1C3. The second-order valence-electron chi connectivity index (χ2n) is 8.11. The second kappa shape index (κ2) is 5.57. The van der Waals surface area contributed by atoms with Gasteiger partial charge in [-0.25, -0.2) is 0 Å². The molecule has 5 rings (SSSR count). The van der Waals surface area contributed by atoms with Crippen LogP contribution in [0.1, 0.15) is 58.3 Å². The molecule has 0 aromatic carbocycles. The fourth-order valence-corrected chi connectivity index (χ4v) is 6.09. The van der Waals surface area contributed by atoms with E-state index in [9.17, 15) is 4.79 Å². The fraction of sp³-hybridized carbons (Fsp3) is 0.944. The van der Waals surface area contributed by atoms with E-state index in [2.05, 4.69) is 17.1 Å². The molecule has 21 heavy (non-hydrogen) atoms. The third kappa shape index (κ3) is 2.52. The minimum atomic E-state index is 0.154. The van der Waals surface area contributed by atoms with Crippen molar-refractivity contribution in [3.63, 3.8) is 0 Å². The Morgan fingerprint density at radius 1 is 1.05 bits per heavy atom. The predicted octanol–water partition coefficient (Wildman–Crippen LogP) is 2.80. The monoisotopic (exact) mass is 290 g/mol. The Bertz CT molecular complexity index is 380. The molecule has 4 saturated carbocycles. The van der Waals surface area contributed by atoms with Crippen molar-refractivity contribution in [3.05, 3.63) is 0 Å². The summed E-state index contributed by atoms with van der Waals surface area (Å²) in [5.74, 6) is 3.91. The Kier molecular flexibility index (Phi) is 3.72. The maximum atomic E-state index is 12.8. The lowest BCUT2D eigenvalue weighted by molar-refractivity contribution is -0.131. The van der Waals surface area contributed by atoms with Crippen molar-refractivity contribution in [1.82, 2.24) is 10.2 Å². The van der Waals surface area contributed by atoms with E-state index in [0.717, 1.165) is 43.2 Å². The largest absolute Gasteiger partial charge is 0.351 e. The Hall–Kier alpha value is -0.570. The molecule has 4 aliphatic carbocycles. The summed E-state index contributed by atoms with van der Waals surface area (Å²) in [5.41, 5.74) is 0. The van der Waals surface area contributed by atoms with Crippen LogP contribution >= 0.6 is 0 Å². The number of hydrogen-bond donors (Lipinski definition) is 1. The van der Waals surface area contributed by atoms with E-state index >= 15 is 0 Å². The molecule has 1 N–H and O–H groups in total. The first-order valence-electron chi connectivity index (χ1n) is 9.29. The van der Waals surface area contributed by atoms with Gasteiger partial charge in [0.15, 0.2) is 0 Å². The van der Waals surface area contributed by atoms with Crippen LogP contribution in [-0.4, -0.2) is 36.0 Å². The average molecular weight is 290 g/mol. The first-order chi connectivity index (χ1) is 10.2. The van der Waals surface area contributed by atoms with Gasteiger partial charge in [0, 0.05) is 6.04 Å². The maximum Gasteiger partial charge on any atom is 0.237 e. The highest BCUT2D eigenvalue weighted by Crippen LogP contribution is 2.53. The first kappa shape index (κ1) is 14.0. The molecule has 1 saturated heterocycles. The van der Waals surface area contributed by atoms with Gasteiger partial charge >= 0.3 is 0 Å². The number of nitrogens with one attached hydrogen (secondary N) is 1. The van der Waals surface area contributed by atoms with Crippen LogP contribution in [0.3, 0.4) is 0 Å². The van der Waals surface area contributed by atoms with E-state index in [-0.39, 0.29) is 6.04 Å². The number of carbonyl (C=O) groups excluding carboxylic acids is 1. The van der Waals surface area contributed by atoms with Crippen molar-refractivity contribution in [3.8, 4) is 0 Å². The van der Waals surface area contributed by atoms with Gasteiger partial charge in [-0.3, -0.25) is 9.69 Å². The number of carbonyl (C=O) groups is 1. The van der Waals surface area contributed by atoms with Crippen LogP contribution in [0.15, 0.2) is 0 Å². The predicted molar refractivity (Wildman–Crippen MR) is 83.9 cm³/mol. The summed E-state index contributed by atoms with van der Waals surface area (Å²) in [5, 5.41) is 3.52. The summed E-state index contributed by atoms with van der Waals surface area (Å²) >= 11 is 0. The van der Waals surface area contributed by atoms with Gasteiger partial charge in [0.2, 0.25) is 5.91 Å². The van der Waals surface area contributed by atoms with Gasteiger partial charge in [-0.15, -0.1) is 0 Å². The lowest BCUT2D eigenvalue weighted by Crippen LogP contribution is -2.59. The van der Waals surface area contributed by atoms with Gasteiger partial charge in [-0.2, -0.15) is 0 Å². The fourth-order valence-electron chi connectivity index (χ4n) is 6.09. The van der Waals surface area contributed by atoms with E-state index in [1.54, 1.807) is 0 Å². The smallest absolute Gasteiger partial charge is 0.237 e. The van der Waals surface area contributed by atoms with Gasteiger partial charge in [-0.1, -0.05) is 13.3 Å². The lowest BCUT2D eigenvalue weighted by Gasteiger charge is -2.54. The Morgan fingerprint density at radius 2 is 1.71 bits per heavy atom. The van der Waals surface area contributed by atoms with E-state index in [4.69, 9.17) is 0 Å². The number of likely N-dealkylation sites (tertiary alicyclic amines) is 1. The molecule has 1 aliphatic heterocycles. The van der Waals surface area contributed by atoms with Gasteiger partial charge < -0.3 is 5.32 Å². The Morgan fingerprint density at radius 3 is 2.33 bits per heavy atom. The zero-order valence-corrected chi connectivity index (χ0v) is 13.4. The van der Waals surface area contributed by atoms with Gasteiger partial charge in [0.05, 0.1) is 6.04 Å². The third-order valence-electron chi connectivity index (χ3n) is 6.86. The quantitative estimate of drug-likeness (QED) is 0.867. The van der Waals surface area contributed by atoms with E-state index < -0.39 is 0 Å². The molecule has 0 radical (unpaired) electrons. The van der Waals surface area contributed by atoms with Crippen LogP contribution in [-0.2, 0) is 4.79 Å². The molecule has 3 nitrogen and oxygen atoms in total. The van der Waals surface area contributed by atoms with Crippen molar-refractivity contribution in [2.75, 3.05) is 13.1 Å². The molecule has 0 aromatic rings. The normalized spacial score (nSPS) is 45.8. The molecule has 0 unspecified atom stereocenters. The van der Waals surface area contributed by atoms with Crippen LogP contribution in [0.5, 0.6) is 0 Å². The van der Waals surface area contributed by atoms with E-state index in [1.165, 1.54) is 44.9 Å². The van der Waals surface area contributed by atoms with Gasteiger partial charge in [0.1, 0.15) is 0 Å². The molecule has 4 bridgehead atoms. The molecule has 1 amide bonds. The highest BCUT2D eigenvalue weighted by molar-refractivity contribution is 5.82. The molecule has 118 valence electrons. The highest BCUT2D eigenvalue weighted by Gasteiger charge is 2.49. The zero-order chi connectivity index (χ0) is 14.4. The summed E-state index contributed by atoms with van der Waals surface area (Å²) in [6.07, 6.45) is 10.6. The van der Waals surface area contributed by atoms with Crippen molar-refractivity contribution < 1.29 is 4.79 Å². The molecule has 1 heterocycles. The molecule has 3 heteroatoms. The number of piperidine rings is 1. The molecular formula is C18H30N2O. The van der Waals surface area contributed by atoms with Crippen LogP contribution in [0, 0.1) is 23.7 Å². The first-order valence-corrected chi connectivity index (χ1v) is 9.29. The molecule has 5 aliphatic rings. The molecule has 5 fully saturated rings. The topological polar surface area (TPSA) is 32.3 Å². The van der Waals surface area contributed by atoms with Crippen LogP contribution in [0.4, 0.5) is 0 Å². The molecule has 0 aromatic heterocycles. The molecular weight excluding hydrogens is 260 g/mol. The van der Waals surface area contributed by atoms with Crippen LogP contribution < -0.4 is 5.32 Å². The Labute approximate surface area is 128 Å². The Balaban J connectivity index is 1.42. The second-order valence-corrected chi connectivity index (χ2v) is 8.11.